The number of aliphatic hydroxyl groups is 1. The van der Waals surface area contributed by atoms with Crippen molar-refractivity contribution in [3.8, 4) is 0 Å². The highest BCUT2D eigenvalue weighted by Crippen LogP contribution is 2.40. The van der Waals surface area contributed by atoms with Crippen molar-refractivity contribution in [3.05, 3.63) is 81.3 Å². The SMILES string of the molecule is CCN(CC)CCCN1C(=O)C(=O)/C(=C(/O)c2c(C)nc3ccccn23)[C@@H]1c1cccc([N+](=O)[O-])c1. The van der Waals surface area contributed by atoms with E-state index in [1.54, 1.807) is 35.7 Å². The number of aryl methyl sites for hydroxylation is 1. The fourth-order valence-electron chi connectivity index (χ4n) is 4.80. The molecular formula is C26H29N5O5. The maximum absolute atomic E-state index is 13.3. The molecule has 2 aromatic heterocycles. The molecule has 3 aromatic rings. The van der Waals surface area contributed by atoms with Crippen molar-refractivity contribution in [2.45, 2.75) is 33.2 Å². The van der Waals surface area contributed by atoms with Gasteiger partial charge in [-0.1, -0.05) is 32.0 Å². The van der Waals surface area contributed by atoms with Gasteiger partial charge in [0.25, 0.3) is 17.4 Å². The minimum absolute atomic E-state index is 0.0999. The number of likely N-dealkylation sites (tertiary alicyclic amines) is 1. The van der Waals surface area contributed by atoms with Crippen LogP contribution in [-0.2, 0) is 9.59 Å². The highest BCUT2D eigenvalue weighted by atomic mass is 16.6. The van der Waals surface area contributed by atoms with Crippen molar-refractivity contribution in [3.63, 3.8) is 0 Å². The Bertz CT molecular complexity index is 1360. The first-order valence-electron chi connectivity index (χ1n) is 12.0. The molecule has 1 aromatic carbocycles. The lowest BCUT2D eigenvalue weighted by Gasteiger charge is -2.26. The highest BCUT2D eigenvalue weighted by Gasteiger charge is 2.46. The van der Waals surface area contributed by atoms with Gasteiger partial charge in [0.05, 0.1) is 22.2 Å². The smallest absolute Gasteiger partial charge is 0.295 e. The summed E-state index contributed by atoms with van der Waals surface area (Å²) in [5, 5.41) is 22.9. The van der Waals surface area contributed by atoms with E-state index in [0.717, 1.165) is 19.6 Å². The summed E-state index contributed by atoms with van der Waals surface area (Å²) < 4.78 is 1.66. The summed E-state index contributed by atoms with van der Waals surface area (Å²) in [6.07, 6.45) is 2.32. The number of non-ortho nitro benzene ring substituents is 1. The number of hydrogen-bond acceptors (Lipinski definition) is 7. The summed E-state index contributed by atoms with van der Waals surface area (Å²) in [5.41, 5.74) is 1.51. The zero-order valence-electron chi connectivity index (χ0n) is 20.5. The molecule has 4 rings (SSSR count). The van der Waals surface area contributed by atoms with E-state index in [-0.39, 0.29) is 23.6 Å². The average Bonchev–Trinajstić information content (AvgIpc) is 3.34. The van der Waals surface area contributed by atoms with Gasteiger partial charge in [0.2, 0.25) is 0 Å². The van der Waals surface area contributed by atoms with Gasteiger partial charge in [-0.2, -0.15) is 0 Å². The van der Waals surface area contributed by atoms with E-state index in [1.165, 1.54) is 23.1 Å². The molecule has 1 atom stereocenters. The first kappa shape index (κ1) is 25.1. The van der Waals surface area contributed by atoms with Crippen LogP contribution in [-0.4, -0.2) is 67.1 Å². The molecular weight excluding hydrogens is 462 g/mol. The summed E-state index contributed by atoms with van der Waals surface area (Å²) >= 11 is 0. The van der Waals surface area contributed by atoms with Crippen LogP contribution in [0, 0.1) is 17.0 Å². The van der Waals surface area contributed by atoms with E-state index >= 15 is 0 Å². The predicted molar refractivity (Wildman–Crippen MR) is 134 cm³/mol. The topological polar surface area (TPSA) is 121 Å². The number of amides is 1. The van der Waals surface area contributed by atoms with Crippen molar-refractivity contribution in [1.82, 2.24) is 19.2 Å². The number of aliphatic hydroxyl groups excluding tert-OH is 1. The molecule has 1 saturated heterocycles. The molecule has 1 aliphatic heterocycles. The fourth-order valence-corrected chi connectivity index (χ4v) is 4.80. The second-order valence-corrected chi connectivity index (χ2v) is 8.70. The van der Waals surface area contributed by atoms with Gasteiger partial charge in [0.15, 0.2) is 5.76 Å². The molecule has 1 amide bonds. The third-order valence-electron chi connectivity index (χ3n) is 6.63. The van der Waals surface area contributed by atoms with E-state index < -0.39 is 22.7 Å². The molecule has 0 saturated carbocycles. The number of benzene rings is 1. The van der Waals surface area contributed by atoms with Crippen molar-refractivity contribution in [2.24, 2.45) is 0 Å². The Morgan fingerprint density at radius 1 is 1.17 bits per heavy atom. The molecule has 10 heteroatoms. The number of nitrogens with zero attached hydrogens (tertiary/aromatic N) is 5. The Balaban J connectivity index is 1.85. The third-order valence-corrected chi connectivity index (χ3v) is 6.63. The first-order chi connectivity index (χ1) is 17.3. The molecule has 1 N–H and O–H groups in total. The number of carbonyl (C=O) groups is 2. The van der Waals surface area contributed by atoms with Gasteiger partial charge in [-0.05, 0) is 50.7 Å². The van der Waals surface area contributed by atoms with Crippen LogP contribution >= 0.6 is 0 Å². The highest BCUT2D eigenvalue weighted by molar-refractivity contribution is 6.46. The van der Waals surface area contributed by atoms with Gasteiger partial charge >= 0.3 is 0 Å². The fraction of sp³-hybridized carbons (Fsp3) is 0.346. The van der Waals surface area contributed by atoms with Crippen molar-refractivity contribution < 1.29 is 19.6 Å². The molecule has 0 radical (unpaired) electrons. The Labute approximate surface area is 208 Å². The van der Waals surface area contributed by atoms with Crippen molar-refractivity contribution >= 4 is 28.8 Å². The summed E-state index contributed by atoms with van der Waals surface area (Å²) in [6.45, 7) is 8.52. The number of fused-ring (bicyclic) bond motifs is 1. The second kappa shape index (κ2) is 10.3. The number of ketones is 1. The number of aromatic nitrogens is 2. The number of rotatable bonds is 9. The number of hydrogen-bond donors (Lipinski definition) is 1. The van der Waals surface area contributed by atoms with Crippen LogP contribution in [0.15, 0.2) is 54.2 Å². The molecule has 188 valence electrons. The summed E-state index contributed by atoms with van der Waals surface area (Å²) in [5.74, 6) is -1.91. The third kappa shape index (κ3) is 4.47. The van der Waals surface area contributed by atoms with Crippen molar-refractivity contribution in [2.75, 3.05) is 26.2 Å². The second-order valence-electron chi connectivity index (χ2n) is 8.70. The predicted octanol–water partition coefficient (Wildman–Crippen LogP) is 3.70. The lowest BCUT2D eigenvalue weighted by molar-refractivity contribution is -0.384. The van der Waals surface area contributed by atoms with E-state index in [9.17, 15) is 24.8 Å². The number of Topliss-reactive ketones (excluding diaryl/α,β-unsaturated/α-hetero) is 1. The van der Waals surface area contributed by atoms with Crippen LogP contribution in [0.1, 0.15) is 43.3 Å². The Morgan fingerprint density at radius 2 is 1.92 bits per heavy atom. The van der Waals surface area contributed by atoms with Crippen molar-refractivity contribution in [1.29, 1.82) is 0 Å². The van der Waals surface area contributed by atoms with E-state index in [0.29, 0.717) is 29.0 Å². The molecule has 3 heterocycles. The van der Waals surface area contributed by atoms with Crippen LogP contribution in [0.3, 0.4) is 0 Å². The van der Waals surface area contributed by atoms with Gasteiger partial charge in [-0.25, -0.2) is 4.98 Å². The minimum atomic E-state index is -0.963. The number of pyridine rings is 1. The summed E-state index contributed by atoms with van der Waals surface area (Å²) in [4.78, 5) is 45.6. The molecule has 0 spiro atoms. The monoisotopic (exact) mass is 491 g/mol. The number of nitro benzene ring substituents is 1. The lowest BCUT2D eigenvalue weighted by atomic mass is 9.96. The molecule has 36 heavy (non-hydrogen) atoms. The van der Waals surface area contributed by atoms with Gasteiger partial charge < -0.3 is 14.9 Å². The molecule has 0 unspecified atom stereocenters. The van der Waals surface area contributed by atoms with Gasteiger partial charge in [-0.15, -0.1) is 0 Å². The summed E-state index contributed by atoms with van der Waals surface area (Å²) in [6, 6.07) is 10.2. The zero-order chi connectivity index (χ0) is 26.0. The van der Waals surface area contributed by atoms with E-state index in [2.05, 4.69) is 23.7 Å². The molecule has 0 bridgehead atoms. The largest absolute Gasteiger partial charge is 0.505 e. The molecule has 1 fully saturated rings. The number of nitro groups is 1. The molecule has 0 aliphatic carbocycles. The Kier molecular flexibility index (Phi) is 7.16. The van der Waals surface area contributed by atoms with Crippen LogP contribution < -0.4 is 0 Å². The van der Waals surface area contributed by atoms with Gasteiger partial charge in [0.1, 0.15) is 11.3 Å². The van der Waals surface area contributed by atoms with Crippen LogP contribution in [0.25, 0.3) is 11.4 Å². The normalized spacial score (nSPS) is 17.4. The van der Waals surface area contributed by atoms with Crippen LogP contribution in [0.4, 0.5) is 5.69 Å². The Hall–Kier alpha value is -4.05. The summed E-state index contributed by atoms with van der Waals surface area (Å²) in [7, 11) is 0. The number of carbonyl (C=O) groups excluding carboxylic acids is 2. The minimum Gasteiger partial charge on any atom is -0.505 e. The lowest BCUT2D eigenvalue weighted by Crippen LogP contribution is -2.33. The average molecular weight is 492 g/mol. The maximum Gasteiger partial charge on any atom is 0.295 e. The van der Waals surface area contributed by atoms with Crippen LogP contribution in [0.2, 0.25) is 0 Å². The zero-order valence-corrected chi connectivity index (χ0v) is 20.5. The number of imidazole rings is 1. The standard InChI is InChI=1S/C26H29N5O5/c1-4-28(5-2)13-9-15-30-23(18-10-8-11-19(16-18)31(35)36)21(25(33)26(30)34)24(32)22-17(3)27-20-12-6-7-14-29(20)22/h6-8,10-12,14,16,23,32H,4-5,9,13,15H2,1-3H3/b24-21+/t23-/m0/s1. The Morgan fingerprint density at radius 3 is 2.61 bits per heavy atom. The molecule has 10 nitrogen and oxygen atoms in total. The van der Waals surface area contributed by atoms with Crippen LogP contribution in [0.5, 0.6) is 0 Å². The molecule has 1 aliphatic rings. The van der Waals surface area contributed by atoms with Gasteiger partial charge in [-0.3, -0.25) is 24.1 Å². The van der Waals surface area contributed by atoms with Gasteiger partial charge in [0, 0.05) is 24.9 Å². The quantitative estimate of drug-likeness (QED) is 0.159. The van der Waals surface area contributed by atoms with E-state index in [1.807, 2.05) is 6.07 Å². The first-order valence-corrected chi connectivity index (χ1v) is 12.0. The van der Waals surface area contributed by atoms with E-state index in [4.69, 9.17) is 0 Å². The maximum atomic E-state index is 13.3.